The van der Waals surface area contributed by atoms with Gasteiger partial charge < -0.3 is 5.73 Å². The predicted octanol–water partition coefficient (Wildman–Crippen LogP) is 4.71. The van der Waals surface area contributed by atoms with Crippen molar-refractivity contribution in [2.45, 2.75) is 45.4 Å². The van der Waals surface area contributed by atoms with E-state index < -0.39 is 0 Å². The monoisotopic (exact) mass is 317 g/mol. The summed E-state index contributed by atoms with van der Waals surface area (Å²) in [5.74, 6) is 2.43. The van der Waals surface area contributed by atoms with Crippen LogP contribution in [0.5, 0.6) is 0 Å². The fourth-order valence-corrected chi connectivity index (χ4v) is 5.58. The van der Waals surface area contributed by atoms with Crippen molar-refractivity contribution in [2.75, 3.05) is 5.75 Å². The lowest BCUT2D eigenvalue weighted by Gasteiger charge is -2.15. The molecule has 1 aromatic carbocycles. The van der Waals surface area contributed by atoms with Crippen LogP contribution in [0, 0.1) is 20.8 Å². The maximum absolute atomic E-state index is 6.52. The summed E-state index contributed by atoms with van der Waals surface area (Å²) < 4.78 is 0. The second kappa shape index (κ2) is 6.15. The molecule has 3 heteroatoms. The Morgan fingerprint density at radius 3 is 2.52 bits per heavy atom. The van der Waals surface area contributed by atoms with Gasteiger partial charge >= 0.3 is 0 Å². The first-order chi connectivity index (χ1) is 10.0. The van der Waals surface area contributed by atoms with Gasteiger partial charge in [-0.1, -0.05) is 17.7 Å². The number of hydrogen-bond acceptors (Lipinski definition) is 3. The molecule has 3 rings (SSSR count). The molecule has 2 aromatic rings. The van der Waals surface area contributed by atoms with Crippen molar-refractivity contribution in [2.24, 2.45) is 5.73 Å². The average molecular weight is 318 g/mol. The zero-order valence-corrected chi connectivity index (χ0v) is 14.7. The van der Waals surface area contributed by atoms with Gasteiger partial charge in [-0.3, -0.25) is 0 Å². The molecular weight excluding hydrogens is 294 g/mol. The van der Waals surface area contributed by atoms with Gasteiger partial charge in [0.05, 0.1) is 0 Å². The molecular formula is C18H23NS2. The molecule has 0 aliphatic carbocycles. The van der Waals surface area contributed by atoms with Crippen LogP contribution < -0.4 is 5.73 Å². The zero-order valence-electron chi connectivity index (χ0n) is 13.0. The Labute approximate surface area is 136 Å². The summed E-state index contributed by atoms with van der Waals surface area (Å²) in [6.07, 6.45) is 2.17. The van der Waals surface area contributed by atoms with E-state index >= 15 is 0 Å². The standard InChI is InChI=1S/C18H23NS2/c1-11-6-12(2)15(13(3)7-11)9-16(19)18-8-14-10-20-5-4-17(14)21-18/h6-8,16H,4-5,9-10,19H2,1-3H3. The maximum atomic E-state index is 6.52. The van der Waals surface area contributed by atoms with Gasteiger partial charge in [0.15, 0.2) is 0 Å². The second-order valence-corrected chi connectivity index (χ2v) is 8.36. The van der Waals surface area contributed by atoms with Crippen molar-refractivity contribution >= 4 is 23.1 Å². The molecule has 1 aromatic heterocycles. The third-order valence-electron chi connectivity index (χ3n) is 4.28. The molecule has 21 heavy (non-hydrogen) atoms. The van der Waals surface area contributed by atoms with Crippen molar-refractivity contribution < 1.29 is 0 Å². The van der Waals surface area contributed by atoms with E-state index in [0.29, 0.717) is 0 Å². The van der Waals surface area contributed by atoms with E-state index in [1.54, 1.807) is 4.88 Å². The van der Waals surface area contributed by atoms with Gasteiger partial charge in [0.1, 0.15) is 0 Å². The fourth-order valence-electron chi connectivity index (χ4n) is 3.21. The molecule has 0 bridgehead atoms. The molecule has 0 spiro atoms. The molecule has 112 valence electrons. The lowest BCUT2D eigenvalue weighted by atomic mass is 9.94. The van der Waals surface area contributed by atoms with Gasteiger partial charge in [-0.15, -0.1) is 11.3 Å². The van der Waals surface area contributed by atoms with Crippen LogP contribution in [-0.4, -0.2) is 5.75 Å². The molecule has 0 saturated carbocycles. The molecule has 1 aliphatic heterocycles. The molecule has 1 unspecified atom stereocenters. The highest BCUT2D eigenvalue weighted by molar-refractivity contribution is 7.98. The summed E-state index contributed by atoms with van der Waals surface area (Å²) in [4.78, 5) is 2.93. The number of nitrogens with two attached hydrogens (primary N) is 1. The molecule has 2 N–H and O–H groups in total. The highest BCUT2D eigenvalue weighted by Crippen LogP contribution is 2.35. The van der Waals surface area contributed by atoms with E-state index in [1.807, 2.05) is 23.1 Å². The first-order valence-electron chi connectivity index (χ1n) is 7.56. The third kappa shape index (κ3) is 3.20. The summed E-state index contributed by atoms with van der Waals surface area (Å²) in [7, 11) is 0. The molecule has 2 heterocycles. The van der Waals surface area contributed by atoms with Crippen molar-refractivity contribution in [1.29, 1.82) is 0 Å². The van der Waals surface area contributed by atoms with Crippen LogP contribution >= 0.6 is 23.1 Å². The molecule has 1 atom stereocenters. The van der Waals surface area contributed by atoms with Crippen LogP contribution in [-0.2, 0) is 18.6 Å². The Morgan fingerprint density at radius 2 is 1.86 bits per heavy atom. The summed E-state index contributed by atoms with van der Waals surface area (Å²) in [6, 6.07) is 7.03. The zero-order chi connectivity index (χ0) is 15.0. The first kappa shape index (κ1) is 15.1. The van der Waals surface area contributed by atoms with Crippen LogP contribution in [0.15, 0.2) is 18.2 Å². The van der Waals surface area contributed by atoms with E-state index in [-0.39, 0.29) is 6.04 Å². The van der Waals surface area contributed by atoms with Crippen LogP contribution in [0.1, 0.15) is 43.6 Å². The largest absolute Gasteiger partial charge is 0.323 e. The molecule has 0 saturated heterocycles. The fraction of sp³-hybridized carbons (Fsp3) is 0.444. The quantitative estimate of drug-likeness (QED) is 0.887. The number of aryl methyl sites for hydroxylation is 4. The highest BCUT2D eigenvalue weighted by atomic mass is 32.2. The SMILES string of the molecule is Cc1cc(C)c(CC(N)c2cc3c(s2)CCSC3)c(C)c1. The van der Waals surface area contributed by atoms with Gasteiger partial charge in [-0.2, -0.15) is 11.8 Å². The van der Waals surface area contributed by atoms with E-state index in [4.69, 9.17) is 5.73 Å². The van der Waals surface area contributed by atoms with Gasteiger partial charge in [0.25, 0.3) is 0 Å². The van der Waals surface area contributed by atoms with E-state index in [1.165, 1.54) is 50.6 Å². The minimum atomic E-state index is 0.130. The second-order valence-electron chi connectivity index (χ2n) is 6.09. The summed E-state index contributed by atoms with van der Waals surface area (Å²) in [5, 5.41) is 0. The highest BCUT2D eigenvalue weighted by Gasteiger charge is 2.18. The lowest BCUT2D eigenvalue weighted by molar-refractivity contribution is 0.729. The number of benzene rings is 1. The molecule has 1 nitrogen and oxygen atoms in total. The molecule has 0 amide bonds. The number of thioether (sulfide) groups is 1. The first-order valence-corrected chi connectivity index (χ1v) is 9.53. The van der Waals surface area contributed by atoms with Crippen LogP contribution in [0.25, 0.3) is 0 Å². The van der Waals surface area contributed by atoms with Crippen LogP contribution in [0.2, 0.25) is 0 Å². The third-order valence-corrected chi connectivity index (χ3v) is 6.65. The summed E-state index contributed by atoms with van der Waals surface area (Å²) >= 11 is 3.98. The topological polar surface area (TPSA) is 26.0 Å². The normalized spacial score (nSPS) is 15.8. The molecule has 0 radical (unpaired) electrons. The molecule has 0 fully saturated rings. The number of thiophene rings is 1. The predicted molar refractivity (Wildman–Crippen MR) is 95.5 cm³/mol. The van der Waals surface area contributed by atoms with Gasteiger partial charge in [-0.25, -0.2) is 0 Å². The number of fused-ring (bicyclic) bond motifs is 1. The minimum Gasteiger partial charge on any atom is -0.323 e. The molecule has 1 aliphatic rings. The number of rotatable bonds is 3. The van der Waals surface area contributed by atoms with Crippen molar-refractivity contribution in [3.8, 4) is 0 Å². The van der Waals surface area contributed by atoms with E-state index in [0.717, 1.165) is 6.42 Å². The Morgan fingerprint density at radius 1 is 1.14 bits per heavy atom. The van der Waals surface area contributed by atoms with Gasteiger partial charge in [0, 0.05) is 21.5 Å². The lowest BCUT2D eigenvalue weighted by Crippen LogP contribution is -2.13. The summed E-state index contributed by atoms with van der Waals surface area (Å²) in [5.41, 5.74) is 13.6. The Balaban J connectivity index is 1.83. The maximum Gasteiger partial charge on any atom is 0.0431 e. The number of hydrogen-bond donors (Lipinski definition) is 1. The smallest absolute Gasteiger partial charge is 0.0431 e. The van der Waals surface area contributed by atoms with E-state index in [2.05, 4.69) is 39.0 Å². The van der Waals surface area contributed by atoms with Crippen molar-refractivity contribution in [1.82, 2.24) is 0 Å². The Hall–Kier alpha value is -0.770. The van der Waals surface area contributed by atoms with Gasteiger partial charge in [-0.05, 0) is 67.7 Å². The summed E-state index contributed by atoms with van der Waals surface area (Å²) in [6.45, 7) is 6.57. The van der Waals surface area contributed by atoms with E-state index in [9.17, 15) is 0 Å². The van der Waals surface area contributed by atoms with Gasteiger partial charge in [0.2, 0.25) is 0 Å². The minimum absolute atomic E-state index is 0.130. The van der Waals surface area contributed by atoms with Crippen LogP contribution in [0.3, 0.4) is 0 Å². The van der Waals surface area contributed by atoms with Crippen LogP contribution in [0.4, 0.5) is 0 Å². The average Bonchev–Trinajstić information content (AvgIpc) is 2.86. The van der Waals surface area contributed by atoms with Crippen molar-refractivity contribution in [3.05, 3.63) is 55.8 Å². The van der Waals surface area contributed by atoms with Crippen molar-refractivity contribution in [3.63, 3.8) is 0 Å². The Kier molecular flexibility index (Phi) is 4.43. The Bertz CT molecular complexity index is 611.